The van der Waals surface area contributed by atoms with Crippen molar-refractivity contribution in [1.82, 2.24) is 0 Å². The van der Waals surface area contributed by atoms with Gasteiger partial charge in [-0.1, -0.05) is 38.5 Å². The zero-order valence-corrected chi connectivity index (χ0v) is 12.1. The van der Waals surface area contributed by atoms with Crippen molar-refractivity contribution in [2.24, 2.45) is 17.3 Å². The number of rotatable bonds is 2. The van der Waals surface area contributed by atoms with Crippen molar-refractivity contribution in [1.29, 1.82) is 0 Å². The van der Waals surface area contributed by atoms with Gasteiger partial charge >= 0.3 is 0 Å². The lowest BCUT2D eigenvalue weighted by atomic mass is 9.53. The molecule has 0 atom stereocenters. The van der Waals surface area contributed by atoms with E-state index in [0.717, 1.165) is 17.3 Å². The first-order valence-electron chi connectivity index (χ1n) is 8.73. The molecule has 103 valence electrons. The second-order valence-electron chi connectivity index (χ2n) is 7.27. The van der Waals surface area contributed by atoms with Crippen molar-refractivity contribution < 1.29 is 0 Å². The van der Waals surface area contributed by atoms with Crippen LogP contribution >= 0.6 is 0 Å². The van der Waals surface area contributed by atoms with Gasteiger partial charge in [0.05, 0.1) is 0 Å². The third-order valence-electron chi connectivity index (χ3n) is 6.46. The average molecular weight is 247 g/mol. The van der Waals surface area contributed by atoms with Gasteiger partial charge in [0, 0.05) is 0 Å². The normalized spacial score (nSPS) is 31.3. The highest BCUT2D eigenvalue weighted by molar-refractivity contribution is 4.98. The van der Waals surface area contributed by atoms with Crippen LogP contribution in [0.1, 0.15) is 89.9 Å². The molecule has 3 rings (SSSR count). The Kier molecular flexibility index (Phi) is 4.31. The summed E-state index contributed by atoms with van der Waals surface area (Å²) < 4.78 is 0. The third kappa shape index (κ3) is 2.49. The summed E-state index contributed by atoms with van der Waals surface area (Å²) in [6, 6.07) is 0. The van der Waals surface area contributed by atoms with Crippen LogP contribution in [0.25, 0.3) is 0 Å². The van der Waals surface area contributed by atoms with Crippen LogP contribution in [0.5, 0.6) is 0 Å². The van der Waals surface area contributed by atoms with E-state index in [0.29, 0.717) is 0 Å². The van der Waals surface area contributed by atoms with Crippen LogP contribution in [0.2, 0.25) is 0 Å². The summed E-state index contributed by atoms with van der Waals surface area (Å²) in [5.41, 5.74) is 0.787. The van der Waals surface area contributed by atoms with Crippen molar-refractivity contribution in [2.75, 3.05) is 0 Å². The summed E-state index contributed by atoms with van der Waals surface area (Å²) in [6.07, 6.45) is 23.9. The molecule has 1 radical (unpaired) electrons. The summed E-state index contributed by atoms with van der Waals surface area (Å²) in [6.45, 7) is 0. The fourth-order valence-electron chi connectivity index (χ4n) is 5.52. The highest BCUT2D eigenvalue weighted by Gasteiger charge is 2.45. The van der Waals surface area contributed by atoms with Gasteiger partial charge in [-0.3, -0.25) is 0 Å². The molecule has 0 aromatic rings. The molecule has 0 heteroatoms. The first-order valence-corrected chi connectivity index (χ1v) is 8.73. The molecular weight excluding hydrogens is 216 g/mol. The van der Waals surface area contributed by atoms with Crippen LogP contribution in [0.4, 0.5) is 0 Å². The van der Waals surface area contributed by atoms with Gasteiger partial charge in [0.1, 0.15) is 0 Å². The Morgan fingerprint density at radius 3 is 1.50 bits per heavy atom. The predicted octanol–water partition coefficient (Wildman–Crippen LogP) is 5.91. The molecule has 0 heterocycles. The molecule has 0 spiro atoms. The maximum atomic E-state index is 2.57. The lowest BCUT2D eigenvalue weighted by Crippen LogP contribution is -2.41. The van der Waals surface area contributed by atoms with Crippen LogP contribution in [0, 0.1) is 23.7 Å². The lowest BCUT2D eigenvalue weighted by molar-refractivity contribution is -0.00432. The Morgan fingerprint density at radius 2 is 1.06 bits per heavy atom. The SMILES string of the molecule is [CH]1CCC(C2CCCCC2)(C2CCCCC2)CC1. The van der Waals surface area contributed by atoms with E-state index in [2.05, 4.69) is 6.42 Å². The van der Waals surface area contributed by atoms with Crippen molar-refractivity contribution in [3.63, 3.8) is 0 Å². The summed E-state index contributed by atoms with van der Waals surface area (Å²) in [5.74, 6) is 2.20. The van der Waals surface area contributed by atoms with Gasteiger partial charge in [-0.25, -0.2) is 0 Å². The molecule has 0 unspecified atom stereocenters. The molecule has 3 fully saturated rings. The van der Waals surface area contributed by atoms with Gasteiger partial charge < -0.3 is 0 Å². The summed E-state index contributed by atoms with van der Waals surface area (Å²) >= 11 is 0. The van der Waals surface area contributed by atoms with E-state index in [9.17, 15) is 0 Å². The molecule has 0 amide bonds. The topological polar surface area (TPSA) is 0 Å². The third-order valence-corrected chi connectivity index (χ3v) is 6.46. The predicted molar refractivity (Wildman–Crippen MR) is 78.4 cm³/mol. The Labute approximate surface area is 114 Å². The fourth-order valence-corrected chi connectivity index (χ4v) is 5.52. The first kappa shape index (κ1) is 13.0. The quantitative estimate of drug-likeness (QED) is 0.569. The number of hydrogen-bond donors (Lipinski definition) is 0. The van der Waals surface area contributed by atoms with Crippen LogP contribution < -0.4 is 0 Å². The van der Waals surface area contributed by atoms with Gasteiger partial charge in [0.15, 0.2) is 0 Å². The van der Waals surface area contributed by atoms with Gasteiger partial charge in [0.2, 0.25) is 0 Å². The second kappa shape index (κ2) is 5.97. The standard InChI is InChI=1S/C18H31/c1-4-10-16(11-5-1)18(14-8-3-9-15-18)17-12-6-2-7-13-17/h3,16-17H,1-2,4-15H2. The highest BCUT2D eigenvalue weighted by atomic mass is 14.5. The molecular formula is C18H31. The van der Waals surface area contributed by atoms with E-state index in [1.807, 2.05) is 0 Å². The van der Waals surface area contributed by atoms with Gasteiger partial charge in [-0.15, -0.1) is 0 Å². The monoisotopic (exact) mass is 247 g/mol. The van der Waals surface area contributed by atoms with Crippen molar-refractivity contribution >= 4 is 0 Å². The zero-order valence-electron chi connectivity index (χ0n) is 12.1. The Morgan fingerprint density at radius 1 is 0.611 bits per heavy atom. The minimum absolute atomic E-state index is 0.787. The fraction of sp³-hybridized carbons (Fsp3) is 0.944. The van der Waals surface area contributed by atoms with Gasteiger partial charge in [-0.05, 0) is 75.0 Å². The molecule has 0 bridgehead atoms. The van der Waals surface area contributed by atoms with E-state index in [1.165, 1.54) is 51.4 Å². The molecule has 3 saturated carbocycles. The molecule has 3 aliphatic carbocycles. The van der Waals surface area contributed by atoms with Gasteiger partial charge in [-0.2, -0.15) is 0 Å². The van der Waals surface area contributed by atoms with Crippen LogP contribution in [0.3, 0.4) is 0 Å². The minimum atomic E-state index is 0.787. The van der Waals surface area contributed by atoms with E-state index in [1.54, 1.807) is 38.5 Å². The summed E-state index contributed by atoms with van der Waals surface area (Å²) in [4.78, 5) is 0. The molecule has 0 saturated heterocycles. The van der Waals surface area contributed by atoms with Crippen LogP contribution in [-0.2, 0) is 0 Å². The van der Waals surface area contributed by atoms with E-state index < -0.39 is 0 Å². The largest absolute Gasteiger partial charge is 0.0533 e. The van der Waals surface area contributed by atoms with E-state index in [4.69, 9.17) is 0 Å². The van der Waals surface area contributed by atoms with Crippen molar-refractivity contribution in [3.8, 4) is 0 Å². The molecule has 0 nitrogen and oxygen atoms in total. The van der Waals surface area contributed by atoms with Crippen molar-refractivity contribution in [2.45, 2.75) is 89.9 Å². The van der Waals surface area contributed by atoms with E-state index >= 15 is 0 Å². The maximum absolute atomic E-state index is 2.57. The molecule has 0 N–H and O–H groups in total. The average Bonchev–Trinajstić information content (AvgIpc) is 2.50. The van der Waals surface area contributed by atoms with Crippen LogP contribution in [-0.4, -0.2) is 0 Å². The molecule has 0 aliphatic heterocycles. The summed E-state index contributed by atoms with van der Waals surface area (Å²) in [7, 11) is 0. The molecule has 0 aromatic heterocycles. The molecule has 18 heavy (non-hydrogen) atoms. The zero-order chi connectivity index (χ0) is 12.3. The molecule has 0 aromatic carbocycles. The maximum Gasteiger partial charge on any atom is -0.0241 e. The Balaban J connectivity index is 1.77. The first-order chi connectivity index (χ1) is 8.92. The Bertz CT molecular complexity index is 217. The summed E-state index contributed by atoms with van der Waals surface area (Å²) in [5, 5.41) is 0. The highest BCUT2D eigenvalue weighted by Crippen LogP contribution is 2.56. The Hall–Kier alpha value is 0. The molecule has 3 aliphatic rings. The van der Waals surface area contributed by atoms with Gasteiger partial charge in [0.25, 0.3) is 0 Å². The van der Waals surface area contributed by atoms with Crippen molar-refractivity contribution in [3.05, 3.63) is 6.42 Å². The van der Waals surface area contributed by atoms with E-state index in [-0.39, 0.29) is 0 Å². The minimum Gasteiger partial charge on any atom is -0.0533 e. The second-order valence-corrected chi connectivity index (χ2v) is 7.27. The smallest absolute Gasteiger partial charge is 0.0241 e. The number of hydrogen-bond acceptors (Lipinski definition) is 0. The van der Waals surface area contributed by atoms with Crippen LogP contribution in [0.15, 0.2) is 0 Å². The lowest BCUT2D eigenvalue weighted by Gasteiger charge is -2.52.